The molecule has 1 aromatic rings. The van der Waals surface area contributed by atoms with Crippen LogP contribution >= 0.6 is 0 Å². The fraction of sp³-hybridized carbons (Fsp3) is 0.429. The maximum atomic E-state index is 13.3. The van der Waals surface area contributed by atoms with Crippen LogP contribution in [0, 0.1) is 18.7 Å². The van der Waals surface area contributed by atoms with Crippen LogP contribution < -0.4 is 0 Å². The number of carbonyl (C=O) groups excluding carboxylic acids is 1. The number of aliphatic carboxylic acids is 1. The first-order valence-corrected chi connectivity index (χ1v) is 6.24. The van der Waals surface area contributed by atoms with Crippen LogP contribution in [-0.2, 0) is 4.79 Å². The third-order valence-corrected chi connectivity index (χ3v) is 3.08. The summed E-state index contributed by atoms with van der Waals surface area (Å²) in [5.74, 6) is -1.57. The number of nitrogens with zero attached hydrogens (tertiary/aromatic N) is 1. The Morgan fingerprint density at radius 2 is 2.05 bits per heavy atom. The lowest BCUT2D eigenvalue weighted by Gasteiger charge is -2.20. The maximum absolute atomic E-state index is 13.3. The quantitative estimate of drug-likeness (QED) is 0.886. The summed E-state index contributed by atoms with van der Waals surface area (Å²) in [4.78, 5) is 24.3. The number of carboxylic acid groups (broad SMARTS) is 1. The second kappa shape index (κ2) is 5.38. The van der Waals surface area contributed by atoms with Gasteiger partial charge in [0.1, 0.15) is 12.4 Å². The molecule has 0 bridgehead atoms. The van der Waals surface area contributed by atoms with Crippen molar-refractivity contribution in [2.75, 3.05) is 13.1 Å². The molecule has 0 saturated heterocycles. The third-order valence-electron chi connectivity index (χ3n) is 3.08. The van der Waals surface area contributed by atoms with Crippen LogP contribution in [0.1, 0.15) is 28.8 Å². The Kier molecular flexibility index (Phi) is 3.83. The van der Waals surface area contributed by atoms with E-state index in [9.17, 15) is 14.0 Å². The zero-order valence-electron chi connectivity index (χ0n) is 10.7. The van der Waals surface area contributed by atoms with Gasteiger partial charge in [-0.25, -0.2) is 4.39 Å². The number of benzene rings is 1. The summed E-state index contributed by atoms with van der Waals surface area (Å²) >= 11 is 0. The Bertz CT molecular complexity index is 491. The zero-order valence-corrected chi connectivity index (χ0v) is 10.7. The van der Waals surface area contributed by atoms with Crippen LogP contribution in [0.2, 0.25) is 0 Å². The van der Waals surface area contributed by atoms with Crippen molar-refractivity contribution in [1.82, 2.24) is 4.90 Å². The smallest absolute Gasteiger partial charge is 0.323 e. The van der Waals surface area contributed by atoms with Crippen LogP contribution in [0.15, 0.2) is 18.2 Å². The summed E-state index contributed by atoms with van der Waals surface area (Å²) in [5, 5.41) is 8.85. The molecule has 1 aliphatic carbocycles. The minimum atomic E-state index is -1.05. The van der Waals surface area contributed by atoms with Crippen molar-refractivity contribution >= 4 is 11.9 Å². The Morgan fingerprint density at radius 1 is 1.37 bits per heavy atom. The molecule has 0 unspecified atom stereocenters. The molecule has 1 amide bonds. The van der Waals surface area contributed by atoms with Crippen molar-refractivity contribution in [1.29, 1.82) is 0 Å². The molecule has 0 spiro atoms. The van der Waals surface area contributed by atoms with E-state index in [-0.39, 0.29) is 12.1 Å². The van der Waals surface area contributed by atoms with E-state index >= 15 is 0 Å². The van der Waals surface area contributed by atoms with Crippen molar-refractivity contribution in [3.05, 3.63) is 35.1 Å². The van der Waals surface area contributed by atoms with E-state index in [4.69, 9.17) is 5.11 Å². The average Bonchev–Trinajstić information content (AvgIpc) is 3.09. The number of amides is 1. The predicted octanol–water partition coefficient (Wildman–Crippen LogP) is 2.07. The lowest BCUT2D eigenvalue weighted by Crippen LogP contribution is -2.37. The summed E-state index contributed by atoms with van der Waals surface area (Å²) in [6.45, 7) is 1.79. The number of carboxylic acids is 1. The fourth-order valence-electron chi connectivity index (χ4n) is 2.04. The van der Waals surface area contributed by atoms with Gasteiger partial charge in [-0.15, -0.1) is 0 Å². The second-order valence-corrected chi connectivity index (χ2v) is 5.04. The van der Waals surface area contributed by atoms with Gasteiger partial charge in [-0.05, 0) is 49.4 Å². The molecular formula is C14H16FNO3. The molecule has 0 aliphatic heterocycles. The van der Waals surface area contributed by atoms with E-state index in [1.165, 1.54) is 11.0 Å². The normalized spacial score (nSPS) is 14.2. The first-order chi connectivity index (χ1) is 8.95. The number of aryl methyl sites for hydroxylation is 1. The number of carbonyl (C=O) groups is 2. The van der Waals surface area contributed by atoms with E-state index < -0.39 is 17.7 Å². The maximum Gasteiger partial charge on any atom is 0.323 e. The van der Waals surface area contributed by atoms with Gasteiger partial charge in [0.2, 0.25) is 0 Å². The highest BCUT2D eigenvalue weighted by Gasteiger charge is 2.28. The van der Waals surface area contributed by atoms with Gasteiger partial charge in [0.15, 0.2) is 0 Å². The summed E-state index contributed by atoms with van der Waals surface area (Å²) in [6.07, 6.45) is 2.04. The monoisotopic (exact) mass is 265 g/mol. The highest BCUT2D eigenvalue weighted by atomic mass is 19.1. The SMILES string of the molecule is Cc1cc(F)cc(C(=O)N(CC(=O)O)CC2CC2)c1. The summed E-state index contributed by atoms with van der Waals surface area (Å²) < 4.78 is 13.3. The number of hydrogen-bond donors (Lipinski definition) is 1. The summed E-state index contributed by atoms with van der Waals surface area (Å²) in [5.41, 5.74) is 0.851. The zero-order chi connectivity index (χ0) is 14.0. The highest BCUT2D eigenvalue weighted by molar-refractivity contribution is 5.96. The van der Waals surface area contributed by atoms with Crippen molar-refractivity contribution in [2.45, 2.75) is 19.8 Å². The van der Waals surface area contributed by atoms with Crippen molar-refractivity contribution in [3.63, 3.8) is 0 Å². The molecule has 2 rings (SSSR count). The topological polar surface area (TPSA) is 57.6 Å². The van der Waals surface area contributed by atoms with Crippen molar-refractivity contribution in [2.24, 2.45) is 5.92 Å². The first kappa shape index (κ1) is 13.5. The Hall–Kier alpha value is -1.91. The van der Waals surface area contributed by atoms with Crippen LogP contribution in [0.3, 0.4) is 0 Å². The summed E-state index contributed by atoms with van der Waals surface area (Å²) in [6, 6.07) is 4.06. The molecule has 0 aromatic heterocycles. The van der Waals surface area contributed by atoms with E-state index in [2.05, 4.69) is 0 Å². The van der Waals surface area contributed by atoms with Gasteiger partial charge in [0.05, 0.1) is 0 Å². The molecule has 0 heterocycles. The highest BCUT2D eigenvalue weighted by Crippen LogP contribution is 2.30. The molecule has 19 heavy (non-hydrogen) atoms. The van der Waals surface area contributed by atoms with Gasteiger partial charge in [0.25, 0.3) is 5.91 Å². The van der Waals surface area contributed by atoms with Gasteiger partial charge in [-0.1, -0.05) is 0 Å². The van der Waals surface area contributed by atoms with Crippen LogP contribution in [0.25, 0.3) is 0 Å². The standard InChI is InChI=1S/C14H16FNO3/c1-9-4-11(6-12(15)5-9)14(19)16(8-13(17)18)7-10-2-3-10/h4-6,10H,2-3,7-8H2,1H3,(H,17,18). The molecule has 5 heteroatoms. The van der Waals surface area contributed by atoms with Crippen molar-refractivity contribution in [3.8, 4) is 0 Å². The van der Waals surface area contributed by atoms with E-state index in [1.54, 1.807) is 13.0 Å². The van der Waals surface area contributed by atoms with Gasteiger partial charge in [-0.2, -0.15) is 0 Å². The molecule has 1 aromatic carbocycles. The Morgan fingerprint density at radius 3 is 2.58 bits per heavy atom. The van der Waals surface area contributed by atoms with Crippen LogP contribution in [0.5, 0.6) is 0 Å². The minimum Gasteiger partial charge on any atom is -0.480 e. The Balaban J connectivity index is 2.18. The molecule has 1 N–H and O–H groups in total. The lowest BCUT2D eigenvalue weighted by molar-refractivity contribution is -0.137. The van der Waals surface area contributed by atoms with E-state index in [1.807, 2.05) is 0 Å². The minimum absolute atomic E-state index is 0.208. The van der Waals surface area contributed by atoms with Crippen LogP contribution in [0.4, 0.5) is 4.39 Å². The molecule has 102 valence electrons. The van der Waals surface area contributed by atoms with Crippen molar-refractivity contribution < 1.29 is 19.1 Å². The molecule has 4 nitrogen and oxygen atoms in total. The largest absolute Gasteiger partial charge is 0.480 e. The first-order valence-electron chi connectivity index (χ1n) is 6.24. The van der Waals surface area contributed by atoms with Gasteiger partial charge < -0.3 is 10.0 Å². The predicted molar refractivity (Wildman–Crippen MR) is 67.4 cm³/mol. The van der Waals surface area contributed by atoms with Gasteiger partial charge in [-0.3, -0.25) is 9.59 Å². The molecule has 1 saturated carbocycles. The molecule has 1 fully saturated rings. The Labute approximate surface area is 110 Å². The molecule has 0 radical (unpaired) electrons. The number of halogens is 1. The van der Waals surface area contributed by atoms with Crippen LogP contribution in [-0.4, -0.2) is 35.0 Å². The number of hydrogen-bond acceptors (Lipinski definition) is 2. The molecular weight excluding hydrogens is 249 g/mol. The average molecular weight is 265 g/mol. The number of rotatable bonds is 5. The molecule has 1 aliphatic rings. The lowest BCUT2D eigenvalue weighted by atomic mass is 10.1. The van der Waals surface area contributed by atoms with Gasteiger partial charge in [0, 0.05) is 12.1 Å². The van der Waals surface area contributed by atoms with E-state index in [0.717, 1.165) is 18.9 Å². The van der Waals surface area contributed by atoms with E-state index in [0.29, 0.717) is 18.0 Å². The third kappa shape index (κ3) is 3.77. The fourth-order valence-corrected chi connectivity index (χ4v) is 2.04. The second-order valence-electron chi connectivity index (χ2n) is 5.04. The van der Waals surface area contributed by atoms with Gasteiger partial charge >= 0.3 is 5.97 Å². The molecule has 0 atom stereocenters. The summed E-state index contributed by atoms with van der Waals surface area (Å²) in [7, 11) is 0.